The van der Waals surface area contributed by atoms with E-state index in [9.17, 15) is 19.2 Å². The molecule has 1 fully saturated rings. The Kier molecular flexibility index (Phi) is 8.41. The number of alkyl carbamates (subject to hydrolysis) is 1. The Morgan fingerprint density at radius 2 is 1.91 bits per heavy atom. The zero-order valence-electron chi connectivity index (χ0n) is 19.5. The summed E-state index contributed by atoms with van der Waals surface area (Å²) in [5.74, 6) is 0.828. The molecule has 1 aliphatic rings. The summed E-state index contributed by atoms with van der Waals surface area (Å²) in [5.41, 5.74) is 0.275. The number of nitrogens with one attached hydrogen (secondary N) is 1. The van der Waals surface area contributed by atoms with Crippen molar-refractivity contribution in [2.45, 2.75) is 75.4 Å². The van der Waals surface area contributed by atoms with E-state index in [0.29, 0.717) is 5.75 Å². The van der Waals surface area contributed by atoms with Gasteiger partial charge in [-0.3, -0.25) is 4.79 Å². The van der Waals surface area contributed by atoms with Crippen LogP contribution in [0.25, 0.3) is 0 Å². The van der Waals surface area contributed by atoms with Crippen LogP contribution in [0, 0.1) is 11.3 Å². The molecule has 1 aromatic rings. The van der Waals surface area contributed by atoms with Crippen LogP contribution < -0.4 is 10.1 Å². The lowest BCUT2D eigenvalue weighted by Gasteiger charge is -2.36. The number of methoxy groups -OCH3 is 1. The van der Waals surface area contributed by atoms with Gasteiger partial charge in [0.1, 0.15) is 29.6 Å². The number of hydrogen-bond donors (Lipinski definition) is 1. The number of benzene rings is 1. The van der Waals surface area contributed by atoms with Crippen molar-refractivity contribution < 1.29 is 23.5 Å². The molecular weight excluding hydrogens is 433 g/mol. The number of carbonyl (C=O) groups is 2. The van der Waals surface area contributed by atoms with Crippen molar-refractivity contribution in [1.82, 2.24) is 10.2 Å². The van der Waals surface area contributed by atoms with E-state index in [1.54, 1.807) is 27.9 Å². The van der Waals surface area contributed by atoms with Gasteiger partial charge in [0.2, 0.25) is 5.91 Å². The maximum absolute atomic E-state index is 14.0. The highest BCUT2D eigenvalue weighted by molar-refractivity contribution is 7.99. The van der Waals surface area contributed by atoms with Crippen molar-refractivity contribution in [3.63, 3.8) is 0 Å². The third-order valence-corrected chi connectivity index (χ3v) is 6.51. The molecule has 1 saturated heterocycles. The van der Waals surface area contributed by atoms with Crippen molar-refractivity contribution in [3.05, 3.63) is 29.8 Å². The topological polar surface area (TPSA) is 91.7 Å². The minimum atomic E-state index is -1.26. The Morgan fingerprint density at radius 1 is 1.28 bits per heavy atom. The summed E-state index contributed by atoms with van der Waals surface area (Å²) < 4.78 is 23.7. The summed E-state index contributed by atoms with van der Waals surface area (Å²) in [7, 11) is 1.60. The zero-order chi connectivity index (χ0) is 24.1. The molecule has 0 aliphatic carbocycles. The van der Waals surface area contributed by atoms with Crippen LogP contribution in [0.2, 0.25) is 0 Å². The molecule has 1 aliphatic heterocycles. The van der Waals surface area contributed by atoms with Crippen LogP contribution >= 0.6 is 11.8 Å². The van der Waals surface area contributed by atoms with Crippen LogP contribution in [0.15, 0.2) is 24.3 Å². The minimum absolute atomic E-state index is 0.0270. The fourth-order valence-corrected chi connectivity index (χ4v) is 4.41. The molecule has 0 saturated carbocycles. The monoisotopic (exact) mass is 465 g/mol. The Labute approximate surface area is 193 Å². The highest BCUT2D eigenvalue weighted by Crippen LogP contribution is 2.34. The molecule has 0 spiro atoms. The van der Waals surface area contributed by atoms with E-state index >= 15 is 0 Å². The summed E-state index contributed by atoms with van der Waals surface area (Å²) in [4.78, 5) is 27.2. The van der Waals surface area contributed by atoms with Gasteiger partial charge in [0.25, 0.3) is 0 Å². The second-order valence-electron chi connectivity index (χ2n) is 9.29. The Morgan fingerprint density at radius 3 is 2.44 bits per heavy atom. The summed E-state index contributed by atoms with van der Waals surface area (Å²) in [6.07, 6.45) is -2.03. The Bertz CT molecular complexity index is 848. The highest BCUT2D eigenvalue weighted by Gasteiger charge is 2.45. The number of nitriles is 1. The summed E-state index contributed by atoms with van der Waals surface area (Å²) in [5, 5.41) is 12.1. The lowest BCUT2D eigenvalue weighted by Crippen LogP contribution is -2.58. The quantitative estimate of drug-likeness (QED) is 0.653. The van der Waals surface area contributed by atoms with Crippen molar-refractivity contribution >= 4 is 23.8 Å². The van der Waals surface area contributed by atoms with Crippen molar-refractivity contribution in [1.29, 1.82) is 5.26 Å². The number of carbonyl (C=O) groups excluding carboxylic acids is 2. The summed E-state index contributed by atoms with van der Waals surface area (Å²) in [6.45, 7) is 8.70. The first kappa shape index (κ1) is 25.8. The zero-order valence-corrected chi connectivity index (χ0v) is 20.3. The molecule has 0 aromatic heterocycles. The van der Waals surface area contributed by atoms with Crippen molar-refractivity contribution in [2.75, 3.05) is 13.7 Å². The SMILES string of the molecule is COc1ccc(CSC(C)(C)[C@H](NC(=O)OC(C)(C)C)C(=O)N2C[C@@H](F)C[C@H]2C#N)cc1. The predicted octanol–water partition coefficient (Wildman–Crippen LogP) is 4.06. The number of alkyl halides is 1. The molecule has 9 heteroatoms. The van der Waals surface area contributed by atoms with E-state index in [0.717, 1.165) is 11.3 Å². The van der Waals surface area contributed by atoms with Gasteiger partial charge < -0.3 is 19.7 Å². The Balaban J connectivity index is 2.23. The van der Waals surface area contributed by atoms with E-state index in [-0.39, 0.29) is 13.0 Å². The standard InChI is InChI=1S/C23H32FN3O4S/c1-22(2,3)31-21(29)26-19(20(28)27-13-16(24)11-17(27)12-25)23(4,5)32-14-15-7-9-18(30-6)10-8-15/h7-10,16-17,19H,11,13-14H2,1-6H3,(H,26,29)/t16-,17-,19+/m0/s1. The van der Waals surface area contributed by atoms with E-state index in [2.05, 4.69) is 5.32 Å². The first-order valence-corrected chi connectivity index (χ1v) is 11.5. The largest absolute Gasteiger partial charge is 0.497 e. The van der Waals surface area contributed by atoms with Gasteiger partial charge in [0.05, 0.1) is 19.7 Å². The number of rotatable bonds is 7. The minimum Gasteiger partial charge on any atom is -0.497 e. The fourth-order valence-electron chi connectivity index (χ4n) is 3.35. The third-order valence-electron chi connectivity index (χ3n) is 5.06. The number of ether oxygens (including phenoxy) is 2. The molecular formula is C23H32FN3O4S. The predicted molar refractivity (Wildman–Crippen MR) is 122 cm³/mol. The summed E-state index contributed by atoms with van der Waals surface area (Å²) in [6, 6.07) is 7.69. The molecule has 1 N–H and O–H groups in total. The number of amides is 2. The average molecular weight is 466 g/mol. The molecule has 7 nitrogen and oxygen atoms in total. The van der Waals surface area contributed by atoms with Gasteiger partial charge in [-0.05, 0) is 52.3 Å². The third kappa shape index (κ3) is 7.02. The van der Waals surface area contributed by atoms with Gasteiger partial charge in [0.15, 0.2) is 0 Å². The normalized spacial score (nSPS) is 19.8. The van der Waals surface area contributed by atoms with Crippen molar-refractivity contribution in [2.24, 2.45) is 0 Å². The second kappa shape index (κ2) is 10.4. The first-order valence-electron chi connectivity index (χ1n) is 10.5. The molecule has 1 heterocycles. The number of nitrogens with zero attached hydrogens (tertiary/aromatic N) is 2. The maximum Gasteiger partial charge on any atom is 0.408 e. The fraction of sp³-hybridized carbons (Fsp3) is 0.609. The van der Waals surface area contributed by atoms with Gasteiger partial charge in [-0.25, -0.2) is 9.18 Å². The number of thioether (sulfide) groups is 1. The van der Waals surface area contributed by atoms with Crippen LogP contribution in [0.1, 0.15) is 46.6 Å². The number of halogens is 1. The maximum atomic E-state index is 14.0. The first-order chi connectivity index (χ1) is 14.9. The molecule has 32 heavy (non-hydrogen) atoms. The molecule has 1 aromatic carbocycles. The summed E-state index contributed by atoms with van der Waals surface area (Å²) >= 11 is 1.47. The smallest absolute Gasteiger partial charge is 0.408 e. The van der Waals surface area contributed by atoms with Gasteiger partial charge in [-0.15, -0.1) is 11.8 Å². The Hall–Kier alpha value is -2.47. The van der Waals surface area contributed by atoms with Crippen LogP contribution in [0.5, 0.6) is 5.75 Å². The van der Waals surface area contributed by atoms with Gasteiger partial charge in [-0.2, -0.15) is 5.26 Å². The van der Waals surface area contributed by atoms with E-state index in [1.807, 2.05) is 44.2 Å². The highest BCUT2D eigenvalue weighted by atomic mass is 32.2. The average Bonchev–Trinajstić information content (AvgIpc) is 3.10. The lowest BCUT2D eigenvalue weighted by atomic mass is 10.0. The van der Waals surface area contributed by atoms with E-state index in [1.165, 1.54) is 16.7 Å². The molecule has 2 rings (SSSR count). The second-order valence-corrected chi connectivity index (χ2v) is 10.9. The molecule has 0 bridgehead atoms. The van der Waals surface area contributed by atoms with E-state index in [4.69, 9.17) is 9.47 Å². The number of hydrogen-bond acceptors (Lipinski definition) is 6. The van der Waals surface area contributed by atoms with Crippen molar-refractivity contribution in [3.8, 4) is 11.8 Å². The van der Waals surface area contributed by atoms with Crippen LogP contribution in [0.3, 0.4) is 0 Å². The molecule has 0 unspecified atom stereocenters. The number of likely N-dealkylation sites (tertiary alicyclic amines) is 1. The molecule has 2 amide bonds. The molecule has 176 valence electrons. The van der Waals surface area contributed by atoms with Gasteiger partial charge >= 0.3 is 6.09 Å². The van der Waals surface area contributed by atoms with Crippen LogP contribution in [-0.4, -0.2) is 59.2 Å². The van der Waals surface area contributed by atoms with Crippen LogP contribution in [0.4, 0.5) is 9.18 Å². The van der Waals surface area contributed by atoms with Crippen LogP contribution in [-0.2, 0) is 15.3 Å². The van der Waals surface area contributed by atoms with Gasteiger partial charge in [0, 0.05) is 16.9 Å². The van der Waals surface area contributed by atoms with Gasteiger partial charge in [-0.1, -0.05) is 12.1 Å². The van der Waals surface area contributed by atoms with E-state index < -0.39 is 40.6 Å². The lowest BCUT2D eigenvalue weighted by molar-refractivity contribution is -0.134. The molecule has 3 atom stereocenters. The molecule has 0 radical (unpaired) electrons.